The summed E-state index contributed by atoms with van der Waals surface area (Å²) in [6.07, 6.45) is 1.45. The van der Waals surface area contributed by atoms with Gasteiger partial charge in [0.2, 0.25) is 0 Å². The lowest BCUT2D eigenvalue weighted by molar-refractivity contribution is 0.622. The van der Waals surface area contributed by atoms with Crippen molar-refractivity contribution in [3.05, 3.63) is 50.4 Å². The molecule has 0 radical (unpaired) electrons. The van der Waals surface area contributed by atoms with E-state index in [0.29, 0.717) is 11.6 Å². The molecule has 3 heterocycles. The van der Waals surface area contributed by atoms with Gasteiger partial charge in [0.25, 0.3) is 5.56 Å². The third kappa shape index (κ3) is 2.33. The molecule has 0 aliphatic rings. The van der Waals surface area contributed by atoms with Gasteiger partial charge in [0.15, 0.2) is 5.82 Å². The van der Waals surface area contributed by atoms with Crippen LogP contribution in [0.2, 0.25) is 0 Å². The molecule has 3 aromatic heterocycles. The Balaban J connectivity index is 2.12. The first-order chi connectivity index (χ1) is 10.1. The molecule has 0 spiro atoms. The molecule has 0 aliphatic carbocycles. The molecule has 0 saturated carbocycles. The van der Waals surface area contributed by atoms with Crippen LogP contribution in [0.25, 0.3) is 10.2 Å². The summed E-state index contributed by atoms with van der Waals surface area (Å²) in [7, 11) is 3.37. The van der Waals surface area contributed by atoms with Gasteiger partial charge in [0, 0.05) is 26.4 Å². The molecule has 1 N–H and O–H groups in total. The second kappa shape index (κ2) is 5.13. The van der Waals surface area contributed by atoms with E-state index in [9.17, 15) is 9.59 Å². The topological polar surface area (TPSA) is 81.8 Å². The third-order valence-electron chi connectivity index (χ3n) is 3.15. The molecule has 3 aromatic rings. The van der Waals surface area contributed by atoms with Crippen LogP contribution in [0.5, 0.6) is 0 Å². The fraction of sp³-hybridized carbons (Fsp3) is 0.231. The van der Waals surface area contributed by atoms with Gasteiger partial charge >= 0.3 is 5.69 Å². The van der Waals surface area contributed by atoms with E-state index >= 15 is 0 Å². The van der Waals surface area contributed by atoms with Crippen LogP contribution in [0.3, 0.4) is 0 Å². The van der Waals surface area contributed by atoms with Crippen LogP contribution < -0.4 is 16.6 Å². The summed E-state index contributed by atoms with van der Waals surface area (Å²) in [4.78, 5) is 33.5. The van der Waals surface area contributed by atoms with Crippen molar-refractivity contribution in [2.45, 2.75) is 6.54 Å². The number of aromatic nitrogens is 4. The van der Waals surface area contributed by atoms with Crippen LogP contribution in [0.4, 0.5) is 5.82 Å². The van der Waals surface area contributed by atoms with Crippen molar-refractivity contribution in [1.29, 1.82) is 0 Å². The summed E-state index contributed by atoms with van der Waals surface area (Å²) in [5.41, 5.74) is -0.748. The van der Waals surface area contributed by atoms with Crippen molar-refractivity contribution in [1.82, 2.24) is 19.1 Å². The van der Waals surface area contributed by atoms with Crippen molar-refractivity contribution >= 4 is 27.4 Å². The number of nitrogens with zero attached hydrogens (tertiary/aromatic N) is 4. The minimum Gasteiger partial charge on any atom is -0.372 e. The van der Waals surface area contributed by atoms with Gasteiger partial charge in [0.05, 0.1) is 11.9 Å². The summed E-state index contributed by atoms with van der Waals surface area (Å²) in [5.74, 6) is 1.12. The van der Waals surface area contributed by atoms with E-state index < -0.39 is 0 Å². The van der Waals surface area contributed by atoms with Crippen molar-refractivity contribution in [3.8, 4) is 0 Å². The molecule has 0 fully saturated rings. The molecule has 0 aromatic carbocycles. The molecular weight excluding hydrogens is 290 g/mol. The van der Waals surface area contributed by atoms with Gasteiger partial charge in [-0.3, -0.25) is 9.36 Å². The fourth-order valence-corrected chi connectivity index (χ4v) is 2.84. The Bertz CT molecular complexity index is 924. The SMILES string of the molecule is CNc1nc(Cn2c(=O)ccn(C)c2=O)nc2sccc12. The van der Waals surface area contributed by atoms with Gasteiger partial charge in [0.1, 0.15) is 10.6 Å². The van der Waals surface area contributed by atoms with Crippen LogP contribution >= 0.6 is 11.3 Å². The van der Waals surface area contributed by atoms with Gasteiger partial charge in [-0.1, -0.05) is 0 Å². The molecule has 3 rings (SSSR count). The van der Waals surface area contributed by atoms with Gasteiger partial charge in [-0.25, -0.2) is 14.8 Å². The molecule has 0 bridgehead atoms. The van der Waals surface area contributed by atoms with E-state index in [0.717, 1.165) is 14.8 Å². The molecule has 0 atom stereocenters. The quantitative estimate of drug-likeness (QED) is 0.768. The van der Waals surface area contributed by atoms with E-state index in [1.54, 1.807) is 14.1 Å². The summed E-state index contributed by atoms with van der Waals surface area (Å²) in [6, 6.07) is 3.29. The molecule has 7 nitrogen and oxygen atoms in total. The lowest BCUT2D eigenvalue weighted by atomic mass is 10.3. The number of nitrogens with one attached hydrogen (secondary N) is 1. The minimum absolute atomic E-state index is 0.0505. The molecule has 21 heavy (non-hydrogen) atoms. The largest absolute Gasteiger partial charge is 0.372 e. The Morgan fingerprint density at radius 2 is 2.10 bits per heavy atom. The van der Waals surface area contributed by atoms with Crippen molar-refractivity contribution in [3.63, 3.8) is 0 Å². The van der Waals surface area contributed by atoms with Crippen molar-refractivity contribution in [2.75, 3.05) is 12.4 Å². The lowest BCUT2D eigenvalue weighted by Crippen LogP contribution is -2.38. The number of aryl methyl sites for hydroxylation is 1. The van der Waals surface area contributed by atoms with E-state index in [1.807, 2.05) is 11.4 Å². The maximum Gasteiger partial charge on any atom is 0.331 e. The van der Waals surface area contributed by atoms with E-state index in [1.165, 1.54) is 28.2 Å². The zero-order chi connectivity index (χ0) is 15.0. The van der Waals surface area contributed by atoms with E-state index in [2.05, 4.69) is 15.3 Å². The highest BCUT2D eigenvalue weighted by Gasteiger charge is 2.10. The molecule has 0 aliphatic heterocycles. The zero-order valence-corrected chi connectivity index (χ0v) is 12.3. The van der Waals surface area contributed by atoms with Gasteiger partial charge in [-0.2, -0.15) is 0 Å². The highest BCUT2D eigenvalue weighted by Crippen LogP contribution is 2.24. The van der Waals surface area contributed by atoms with Gasteiger partial charge in [-0.15, -0.1) is 11.3 Å². The van der Waals surface area contributed by atoms with Crippen LogP contribution in [0.15, 0.2) is 33.3 Å². The smallest absolute Gasteiger partial charge is 0.331 e. The van der Waals surface area contributed by atoms with Crippen molar-refractivity contribution in [2.24, 2.45) is 7.05 Å². The maximum absolute atomic E-state index is 12.0. The van der Waals surface area contributed by atoms with Crippen LogP contribution in [0.1, 0.15) is 5.82 Å². The number of fused-ring (bicyclic) bond motifs is 1. The maximum atomic E-state index is 12.0. The highest BCUT2D eigenvalue weighted by molar-refractivity contribution is 7.16. The average molecular weight is 303 g/mol. The van der Waals surface area contributed by atoms with Crippen molar-refractivity contribution < 1.29 is 0 Å². The Morgan fingerprint density at radius 1 is 1.29 bits per heavy atom. The first kappa shape index (κ1) is 13.5. The van der Waals surface area contributed by atoms with Gasteiger partial charge < -0.3 is 9.88 Å². The third-order valence-corrected chi connectivity index (χ3v) is 3.95. The number of hydrogen-bond acceptors (Lipinski definition) is 6. The highest BCUT2D eigenvalue weighted by atomic mass is 32.1. The fourth-order valence-electron chi connectivity index (χ4n) is 2.06. The lowest BCUT2D eigenvalue weighted by Gasteiger charge is -2.08. The Hall–Kier alpha value is -2.48. The van der Waals surface area contributed by atoms with Gasteiger partial charge in [-0.05, 0) is 11.4 Å². The number of rotatable bonds is 3. The molecule has 0 unspecified atom stereocenters. The minimum atomic E-state index is -0.386. The standard InChI is InChI=1S/C13H13N5O2S/c1-14-11-8-4-6-21-12(8)16-9(15-11)7-18-10(19)3-5-17(2)13(18)20/h3-6H,7H2,1-2H3,(H,14,15,16). The molecule has 0 saturated heterocycles. The predicted molar refractivity (Wildman–Crippen MR) is 82.0 cm³/mol. The monoisotopic (exact) mass is 303 g/mol. The van der Waals surface area contributed by atoms with Crippen LogP contribution in [0, 0.1) is 0 Å². The Morgan fingerprint density at radius 3 is 2.86 bits per heavy atom. The normalized spacial score (nSPS) is 11.0. The van der Waals surface area contributed by atoms with E-state index in [-0.39, 0.29) is 17.8 Å². The summed E-state index contributed by atoms with van der Waals surface area (Å²) in [5, 5.41) is 5.87. The molecule has 8 heteroatoms. The van der Waals surface area contributed by atoms with Crippen LogP contribution in [-0.4, -0.2) is 26.1 Å². The van der Waals surface area contributed by atoms with E-state index in [4.69, 9.17) is 0 Å². The second-order valence-corrected chi connectivity index (χ2v) is 5.41. The predicted octanol–water partition coefficient (Wildman–Crippen LogP) is 0.642. The Kier molecular flexibility index (Phi) is 3.30. The number of thiophene rings is 1. The zero-order valence-electron chi connectivity index (χ0n) is 11.5. The molecule has 108 valence electrons. The molecular formula is C13H13N5O2S. The molecule has 0 amide bonds. The average Bonchev–Trinajstić information content (AvgIpc) is 2.95. The van der Waals surface area contributed by atoms with Crippen LogP contribution in [-0.2, 0) is 13.6 Å². The summed E-state index contributed by atoms with van der Waals surface area (Å²) in [6.45, 7) is 0.0505. The second-order valence-electron chi connectivity index (χ2n) is 4.51. The number of anilines is 1. The first-order valence-corrected chi connectivity index (χ1v) is 7.16. The number of hydrogen-bond donors (Lipinski definition) is 1. The first-order valence-electron chi connectivity index (χ1n) is 6.28. The Labute approximate surface area is 123 Å². The summed E-state index contributed by atoms with van der Waals surface area (Å²) >= 11 is 1.49. The summed E-state index contributed by atoms with van der Waals surface area (Å²) < 4.78 is 2.47.